The van der Waals surface area contributed by atoms with Crippen LogP contribution < -0.4 is 11.1 Å². The highest BCUT2D eigenvalue weighted by Gasteiger charge is 2.23. The van der Waals surface area contributed by atoms with Gasteiger partial charge < -0.3 is 11.1 Å². The van der Waals surface area contributed by atoms with Crippen LogP contribution in [0.4, 0.5) is 0 Å². The van der Waals surface area contributed by atoms with E-state index in [1.165, 1.54) is 32.1 Å². The molecule has 20 heavy (non-hydrogen) atoms. The Morgan fingerprint density at radius 1 is 1.25 bits per heavy atom. The van der Waals surface area contributed by atoms with Crippen molar-refractivity contribution >= 4 is 5.91 Å². The van der Waals surface area contributed by atoms with E-state index in [4.69, 9.17) is 5.73 Å². The molecule has 1 amide bonds. The summed E-state index contributed by atoms with van der Waals surface area (Å²) >= 11 is 0. The normalized spacial score (nSPS) is 17.7. The fraction of sp³-hybridized carbons (Fsp3) is 0.588. The van der Waals surface area contributed by atoms with Crippen molar-refractivity contribution in [1.29, 1.82) is 0 Å². The Kier molecular flexibility index (Phi) is 5.60. The summed E-state index contributed by atoms with van der Waals surface area (Å²) in [6.45, 7) is 2.68. The molecule has 110 valence electrons. The molecular formula is C17H26N2O. The maximum Gasteiger partial charge on any atom is 0.251 e. The van der Waals surface area contributed by atoms with E-state index in [1.807, 2.05) is 24.3 Å². The summed E-state index contributed by atoms with van der Waals surface area (Å²) < 4.78 is 0. The molecule has 2 rings (SSSR count). The van der Waals surface area contributed by atoms with Crippen molar-refractivity contribution in [3.63, 3.8) is 0 Å². The van der Waals surface area contributed by atoms with Crippen molar-refractivity contribution in [2.75, 3.05) is 0 Å². The van der Waals surface area contributed by atoms with Gasteiger partial charge in [-0.15, -0.1) is 0 Å². The van der Waals surface area contributed by atoms with Crippen LogP contribution in [0.5, 0.6) is 0 Å². The molecule has 1 aromatic rings. The second-order valence-corrected chi connectivity index (χ2v) is 5.79. The standard InChI is InChI=1S/C17H26N2O/c1-2-16(14-6-4-3-5-7-14)19-17(20)15-10-8-13(12-18)9-11-15/h8-11,14,16H,2-7,12,18H2,1H3,(H,19,20). The molecule has 0 saturated heterocycles. The van der Waals surface area contributed by atoms with Crippen LogP contribution >= 0.6 is 0 Å². The summed E-state index contributed by atoms with van der Waals surface area (Å²) in [5, 5.41) is 3.22. The van der Waals surface area contributed by atoms with Crippen molar-refractivity contribution in [2.24, 2.45) is 11.7 Å². The molecule has 3 heteroatoms. The third kappa shape index (κ3) is 3.83. The summed E-state index contributed by atoms with van der Waals surface area (Å²) in [5.74, 6) is 0.701. The smallest absolute Gasteiger partial charge is 0.251 e. The lowest BCUT2D eigenvalue weighted by Crippen LogP contribution is -2.40. The van der Waals surface area contributed by atoms with E-state index in [0.29, 0.717) is 18.5 Å². The van der Waals surface area contributed by atoms with Crippen molar-refractivity contribution < 1.29 is 4.79 Å². The number of nitrogens with two attached hydrogens (primary N) is 1. The monoisotopic (exact) mass is 274 g/mol. The van der Waals surface area contributed by atoms with Crippen molar-refractivity contribution in [3.05, 3.63) is 35.4 Å². The van der Waals surface area contributed by atoms with Gasteiger partial charge in [0.1, 0.15) is 0 Å². The first kappa shape index (κ1) is 15.0. The molecular weight excluding hydrogens is 248 g/mol. The van der Waals surface area contributed by atoms with Gasteiger partial charge in [-0.2, -0.15) is 0 Å². The Labute approximate surface area is 121 Å². The van der Waals surface area contributed by atoms with E-state index >= 15 is 0 Å². The van der Waals surface area contributed by atoms with Crippen LogP contribution in [0.3, 0.4) is 0 Å². The summed E-state index contributed by atoms with van der Waals surface area (Å²) in [6.07, 6.45) is 7.49. The number of nitrogens with one attached hydrogen (secondary N) is 1. The van der Waals surface area contributed by atoms with E-state index in [0.717, 1.165) is 17.5 Å². The van der Waals surface area contributed by atoms with Gasteiger partial charge in [-0.25, -0.2) is 0 Å². The summed E-state index contributed by atoms with van der Waals surface area (Å²) in [6, 6.07) is 7.90. The molecule has 0 aromatic heterocycles. The molecule has 1 unspecified atom stereocenters. The fourth-order valence-electron chi connectivity index (χ4n) is 3.13. The Balaban J connectivity index is 1.96. The Morgan fingerprint density at radius 3 is 2.45 bits per heavy atom. The Hall–Kier alpha value is -1.35. The Bertz CT molecular complexity index is 421. The van der Waals surface area contributed by atoms with Crippen molar-refractivity contribution in [2.45, 2.75) is 58.0 Å². The number of amides is 1. The number of hydrogen-bond donors (Lipinski definition) is 2. The zero-order chi connectivity index (χ0) is 14.4. The maximum atomic E-state index is 12.3. The second kappa shape index (κ2) is 7.44. The largest absolute Gasteiger partial charge is 0.349 e. The third-order valence-electron chi connectivity index (χ3n) is 4.43. The number of carbonyl (C=O) groups is 1. The average molecular weight is 274 g/mol. The highest BCUT2D eigenvalue weighted by atomic mass is 16.1. The minimum absolute atomic E-state index is 0.0472. The van der Waals surface area contributed by atoms with Gasteiger partial charge >= 0.3 is 0 Å². The molecule has 0 aliphatic heterocycles. The lowest BCUT2D eigenvalue weighted by molar-refractivity contribution is 0.0911. The highest BCUT2D eigenvalue weighted by Crippen LogP contribution is 2.27. The second-order valence-electron chi connectivity index (χ2n) is 5.79. The molecule has 1 aliphatic rings. The van der Waals surface area contributed by atoms with E-state index in [-0.39, 0.29) is 5.91 Å². The first-order valence-electron chi connectivity index (χ1n) is 7.84. The zero-order valence-corrected chi connectivity index (χ0v) is 12.4. The molecule has 1 aliphatic carbocycles. The van der Waals surface area contributed by atoms with Crippen LogP contribution in [0.2, 0.25) is 0 Å². The molecule has 1 fully saturated rings. The first-order chi connectivity index (χ1) is 9.74. The SMILES string of the molecule is CCC(NC(=O)c1ccc(CN)cc1)C1CCCCC1. The highest BCUT2D eigenvalue weighted by molar-refractivity contribution is 5.94. The van der Waals surface area contributed by atoms with Gasteiger partial charge in [-0.1, -0.05) is 38.3 Å². The molecule has 0 radical (unpaired) electrons. The maximum absolute atomic E-state index is 12.3. The lowest BCUT2D eigenvalue weighted by atomic mass is 9.83. The summed E-state index contributed by atoms with van der Waals surface area (Å²) in [7, 11) is 0. The van der Waals surface area contributed by atoms with Crippen LogP contribution in [-0.4, -0.2) is 11.9 Å². The summed E-state index contributed by atoms with van der Waals surface area (Å²) in [4.78, 5) is 12.3. The molecule has 0 heterocycles. The quantitative estimate of drug-likeness (QED) is 0.866. The van der Waals surface area contributed by atoms with Gasteiger partial charge in [0.15, 0.2) is 0 Å². The number of carbonyl (C=O) groups excluding carboxylic acids is 1. The molecule has 3 N–H and O–H groups in total. The van der Waals surface area contributed by atoms with Crippen LogP contribution in [0.1, 0.15) is 61.4 Å². The molecule has 0 spiro atoms. The van der Waals surface area contributed by atoms with Gasteiger partial charge in [-0.3, -0.25) is 4.79 Å². The van der Waals surface area contributed by atoms with Gasteiger partial charge in [0, 0.05) is 18.2 Å². The van der Waals surface area contributed by atoms with Crippen LogP contribution in [0, 0.1) is 5.92 Å². The average Bonchev–Trinajstić information content (AvgIpc) is 2.53. The molecule has 0 bridgehead atoms. The van der Waals surface area contributed by atoms with Gasteiger partial charge in [0.25, 0.3) is 5.91 Å². The minimum atomic E-state index is 0.0472. The number of hydrogen-bond acceptors (Lipinski definition) is 2. The van der Waals surface area contributed by atoms with Crippen molar-refractivity contribution in [3.8, 4) is 0 Å². The van der Waals surface area contributed by atoms with E-state index in [9.17, 15) is 4.79 Å². The molecule has 3 nitrogen and oxygen atoms in total. The number of benzene rings is 1. The molecule has 1 saturated carbocycles. The van der Waals surface area contributed by atoms with E-state index < -0.39 is 0 Å². The van der Waals surface area contributed by atoms with Gasteiger partial charge in [-0.05, 0) is 42.9 Å². The summed E-state index contributed by atoms with van der Waals surface area (Å²) in [5.41, 5.74) is 7.36. The third-order valence-corrected chi connectivity index (χ3v) is 4.43. The zero-order valence-electron chi connectivity index (χ0n) is 12.4. The number of rotatable bonds is 5. The first-order valence-corrected chi connectivity index (χ1v) is 7.84. The fourth-order valence-corrected chi connectivity index (χ4v) is 3.13. The predicted molar refractivity (Wildman–Crippen MR) is 82.5 cm³/mol. The topological polar surface area (TPSA) is 55.1 Å². The molecule has 1 aromatic carbocycles. The van der Waals surface area contributed by atoms with Crippen LogP contribution in [-0.2, 0) is 6.54 Å². The predicted octanol–water partition coefficient (Wildman–Crippen LogP) is 3.23. The lowest BCUT2D eigenvalue weighted by Gasteiger charge is -2.30. The van der Waals surface area contributed by atoms with Gasteiger partial charge in [0.05, 0.1) is 0 Å². The van der Waals surface area contributed by atoms with Crippen LogP contribution in [0.25, 0.3) is 0 Å². The van der Waals surface area contributed by atoms with Crippen LogP contribution in [0.15, 0.2) is 24.3 Å². The van der Waals surface area contributed by atoms with Gasteiger partial charge in [0.2, 0.25) is 0 Å². The van der Waals surface area contributed by atoms with Crippen molar-refractivity contribution in [1.82, 2.24) is 5.32 Å². The molecule has 1 atom stereocenters. The minimum Gasteiger partial charge on any atom is -0.349 e. The van der Waals surface area contributed by atoms with E-state index in [2.05, 4.69) is 12.2 Å². The Morgan fingerprint density at radius 2 is 1.90 bits per heavy atom. The van der Waals surface area contributed by atoms with E-state index in [1.54, 1.807) is 0 Å².